The number of nitrogens with two attached hydrogens (primary N) is 1. The average Bonchev–Trinajstić information content (AvgIpc) is 2.38. The van der Waals surface area contributed by atoms with Crippen molar-refractivity contribution >= 4 is 11.6 Å². The van der Waals surface area contributed by atoms with Gasteiger partial charge in [-0.05, 0) is 29.8 Å². The van der Waals surface area contributed by atoms with Crippen molar-refractivity contribution in [2.75, 3.05) is 7.11 Å². The summed E-state index contributed by atoms with van der Waals surface area (Å²) in [4.78, 5) is 4.26. The van der Waals surface area contributed by atoms with Gasteiger partial charge in [0.1, 0.15) is 11.4 Å². The number of hydrogen-bond acceptors (Lipinski definition) is 3. The fourth-order valence-corrected chi connectivity index (χ4v) is 1.87. The zero-order valence-electron chi connectivity index (χ0n) is 9.43. The van der Waals surface area contributed by atoms with Crippen molar-refractivity contribution in [2.45, 2.75) is 6.04 Å². The maximum atomic E-state index is 6.16. The van der Waals surface area contributed by atoms with E-state index in [0.717, 1.165) is 5.56 Å². The first-order valence-electron chi connectivity index (χ1n) is 5.22. The second-order valence-electron chi connectivity index (χ2n) is 3.62. The molecule has 2 aromatic rings. The van der Waals surface area contributed by atoms with E-state index in [4.69, 9.17) is 22.1 Å². The first-order chi connectivity index (χ1) is 8.22. The molecule has 0 spiro atoms. The Morgan fingerprint density at radius 1 is 1.29 bits per heavy atom. The number of benzene rings is 1. The van der Waals surface area contributed by atoms with E-state index >= 15 is 0 Å². The third-order valence-corrected chi connectivity index (χ3v) is 2.76. The van der Waals surface area contributed by atoms with E-state index in [0.29, 0.717) is 16.5 Å². The lowest BCUT2D eigenvalue weighted by Crippen LogP contribution is -2.14. The average molecular weight is 249 g/mol. The number of aromatic nitrogens is 1. The summed E-state index contributed by atoms with van der Waals surface area (Å²) in [5.74, 6) is 0.681. The monoisotopic (exact) mass is 248 g/mol. The molecule has 2 N–H and O–H groups in total. The summed E-state index contributed by atoms with van der Waals surface area (Å²) in [7, 11) is 1.60. The molecule has 0 bridgehead atoms. The van der Waals surface area contributed by atoms with Crippen LogP contribution in [0.3, 0.4) is 0 Å². The van der Waals surface area contributed by atoms with Gasteiger partial charge in [-0.2, -0.15) is 0 Å². The van der Waals surface area contributed by atoms with E-state index in [9.17, 15) is 0 Å². The fourth-order valence-electron chi connectivity index (χ4n) is 1.67. The number of nitrogens with zero attached hydrogens (tertiary/aromatic N) is 1. The lowest BCUT2D eigenvalue weighted by atomic mass is 10.0. The normalized spacial score (nSPS) is 12.2. The molecule has 0 aliphatic rings. The van der Waals surface area contributed by atoms with E-state index < -0.39 is 0 Å². The van der Waals surface area contributed by atoms with Crippen LogP contribution in [0.5, 0.6) is 5.75 Å². The van der Waals surface area contributed by atoms with Crippen LogP contribution in [0.25, 0.3) is 0 Å². The maximum absolute atomic E-state index is 6.16. The Morgan fingerprint density at radius 3 is 2.82 bits per heavy atom. The van der Waals surface area contributed by atoms with Crippen LogP contribution in [0.2, 0.25) is 5.02 Å². The molecule has 1 aromatic heterocycles. The van der Waals surface area contributed by atoms with E-state index in [1.165, 1.54) is 0 Å². The molecule has 0 aliphatic carbocycles. The van der Waals surface area contributed by atoms with Crippen molar-refractivity contribution in [3.63, 3.8) is 0 Å². The molecule has 17 heavy (non-hydrogen) atoms. The van der Waals surface area contributed by atoms with Crippen molar-refractivity contribution in [1.29, 1.82) is 0 Å². The van der Waals surface area contributed by atoms with Gasteiger partial charge in [0, 0.05) is 11.2 Å². The van der Waals surface area contributed by atoms with Crippen molar-refractivity contribution in [3.05, 3.63) is 58.9 Å². The molecule has 3 nitrogen and oxygen atoms in total. The number of hydrogen-bond donors (Lipinski definition) is 1. The predicted octanol–water partition coefficient (Wildman–Crippen LogP) is 2.79. The summed E-state index contributed by atoms with van der Waals surface area (Å²) in [5.41, 5.74) is 7.78. The third-order valence-electron chi connectivity index (χ3n) is 2.52. The summed E-state index contributed by atoms with van der Waals surface area (Å²) in [6.45, 7) is 0. The van der Waals surface area contributed by atoms with E-state index in [1.807, 2.05) is 36.4 Å². The second-order valence-corrected chi connectivity index (χ2v) is 4.06. The van der Waals surface area contributed by atoms with Crippen LogP contribution in [-0.4, -0.2) is 12.1 Å². The summed E-state index contributed by atoms with van der Waals surface area (Å²) in [6, 6.07) is 10.7. The summed E-state index contributed by atoms with van der Waals surface area (Å²) in [5, 5.41) is 0.660. The van der Waals surface area contributed by atoms with Crippen LogP contribution in [0.4, 0.5) is 0 Å². The molecular formula is C13H13ClN2O. The number of pyridine rings is 1. The molecule has 0 fully saturated rings. The topological polar surface area (TPSA) is 48.1 Å². The summed E-state index contributed by atoms with van der Waals surface area (Å²) in [6.07, 6.45) is 1.70. The molecule has 4 heteroatoms. The minimum absolute atomic E-state index is 0.343. The molecule has 0 amide bonds. The lowest BCUT2D eigenvalue weighted by Gasteiger charge is -2.14. The zero-order chi connectivity index (χ0) is 12.3. The SMILES string of the molecule is COc1cccnc1C(N)c1cccc(Cl)c1. The van der Waals surface area contributed by atoms with Crippen molar-refractivity contribution < 1.29 is 4.74 Å². The van der Waals surface area contributed by atoms with Gasteiger partial charge >= 0.3 is 0 Å². The minimum atomic E-state index is -0.343. The predicted molar refractivity (Wildman–Crippen MR) is 68.3 cm³/mol. The number of ether oxygens (including phenoxy) is 1. The third kappa shape index (κ3) is 2.57. The quantitative estimate of drug-likeness (QED) is 0.909. The Morgan fingerprint density at radius 2 is 2.12 bits per heavy atom. The van der Waals surface area contributed by atoms with Gasteiger partial charge in [0.05, 0.1) is 13.2 Å². The molecule has 2 rings (SSSR count). The molecule has 0 aliphatic heterocycles. The Labute approximate surface area is 105 Å². The van der Waals surface area contributed by atoms with Gasteiger partial charge in [0.15, 0.2) is 0 Å². The molecule has 1 unspecified atom stereocenters. The molecule has 1 atom stereocenters. The largest absolute Gasteiger partial charge is 0.495 e. The summed E-state index contributed by atoms with van der Waals surface area (Å²) < 4.78 is 5.24. The number of halogens is 1. The second kappa shape index (κ2) is 5.17. The van der Waals surface area contributed by atoms with Gasteiger partial charge in [0.2, 0.25) is 0 Å². The van der Waals surface area contributed by atoms with Crippen molar-refractivity contribution in [3.8, 4) is 5.75 Å². The smallest absolute Gasteiger partial charge is 0.142 e. The Bertz CT molecular complexity index is 516. The first-order valence-corrected chi connectivity index (χ1v) is 5.60. The molecule has 0 saturated heterocycles. The highest BCUT2D eigenvalue weighted by molar-refractivity contribution is 6.30. The molecule has 0 radical (unpaired) electrons. The van der Waals surface area contributed by atoms with Crippen molar-refractivity contribution in [2.24, 2.45) is 5.73 Å². The Balaban J connectivity index is 2.40. The lowest BCUT2D eigenvalue weighted by molar-refractivity contribution is 0.404. The van der Waals surface area contributed by atoms with Gasteiger partial charge in [-0.3, -0.25) is 4.98 Å². The zero-order valence-corrected chi connectivity index (χ0v) is 10.2. The molecular weight excluding hydrogens is 236 g/mol. The van der Waals surface area contributed by atoms with Crippen LogP contribution in [0.15, 0.2) is 42.6 Å². The van der Waals surface area contributed by atoms with Crippen molar-refractivity contribution in [1.82, 2.24) is 4.98 Å². The van der Waals surface area contributed by atoms with Crippen LogP contribution >= 0.6 is 11.6 Å². The highest BCUT2D eigenvalue weighted by atomic mass is 35.5. The van der Waals surface area contributed by atoms with Crippen LogP contribution in [-0.2, 0) is 0 Å². The standard InChI is InChI=1S/C13H13ClN2O/c1-17-11-6-3-7-16-13(11)12(15)9-4-2-5-10(14)8-9/h2-8,12H,15H2,1H3. The Kier molecular flexibility index (Phi) is 3.61. The number of rotatable bonds is 3. The van der Waals surface area contributed by atoms with Gasteiger partial charge in [0.25, 0.3) is 0 Å². The van der Waals surface area contributed by atoms with Crippen LogP contribution < -0.4 is 10.5 Å². The van der Waals surface area contributed by atoms with Gasteiger partial charge < -0.3 is 10.5 Å². The van der Waals surface area contributed by atoms with Gasteiger partial charge in [-0.1, -0.05) is 23.7 Å². The summed E-state index contributed by atoms with van der Waals surface area (Å²) >= 11 is 5.94. The number of methoxy groups -OCH3 is 1. The first kappa shape index (κ1) is 11.9. The van der Waals surface area contributed by atoms with Crippen LogP contribution in [0, 0.1) is 0 Å². The highest BCUT2D eigenvalue weighted by Gasteiger charge is 2.15. The van der Waals surface area contributed by atoms with E-state index in [1.54, 1.807) is 13.3 Å². The highest BCUT2D eigenvalue weighted by Crippen LogP contribution is 2.27. The molecule has 0 saturated carbocycles. The van der Waals surface area contributed by atoms with Gasteiger partial charge in [-0.25, -0.2) is 0 Å². The fraction of sp³-hybridized carbons (Fsp3) is 0.154. The van der Waals surface area contributed by atoms with Gasteiger partial charge in [-0.15, -0.1) is 0 Å². The molecule has 88 valence electrons. The minimum Gasteiger partial charge on any atom is -0.495 e. The van der Waals surface area contributed by atoms with Crippen LogP contribution in [0.1, 0.15) is 17.3 Å². The maximum Gasteiger partial charge on any atom is 0.142 e. The molecule has 1 aromatic carbocycles. The van der Waals surface area contributed by atoms with E-state index in [2.05, 4.69) is 4.98 Å². The van der Waals surface area contributed by atoms with E-state index in [-0.39, 0.29) is 6.04 Å². The Hall–Kier alpha value is -1.58. The molecule has 1 heterocycles.